The summed E-state index contributed by atoms with van der Waals surface area (Å²) in [7, 11) is 0. The number of fused-ring (bicyclic) bond motifs is 1. The van der Waals surface area contributed by atoms with E-state index in [1.807, 2.05) is 29.7 Å². The maximum absolute atomic E-state index is 13.8. The minimum Gasteiger partial charge on any atom is -0.424 e. The molecule has 21 heavy (non-hydrogen) atoms. The van der Waals surface area contributed by atoms with Gasteiger partial charge in [0, 0.05) is 23.3 Å². The number of hydrogen-bond donors (Lipinski definition) is 1. The Kier molecular flexibility index (Phi) is 3.53. The average Bonchev–Trinajstić information content (AvgIpc) is 3.06. The minimum atomic E-state index is -0.602. The summed E-state index contributed by atoms with van der Waals surface area (Å²) < 4.78 is 18.6. The number of aromatic nitrogens is 2. The molecule has 0 spiro atoms. The van der Waals surface area contributed by atoms with Gasteiger partial charge < -0.3 is 4.74 Å². The largest absolute Gasteiger partial charge is 0.424 e. The molecule has 2 aromatic heterocycles. The molecule has 1 aromatic carbocycles. The van der Waals surface area contributed by atoms with Crippen molar-refractivity contribution in [2.75, 3.05) is 0 Å². The number of aromatic amines is 1. The van der Waals surface area contributed by atoms with Gasteiger partial charge in [-0.05, 0) is 29.7 Å². The van der Waals surface area contributed by atoms with E-state index in [0.717, 1.165) is 4.88 Å². The molecule has 0 aliphatic carbocycles. The second-order valence-corrected chi connectivity index (χ2v) is 5.36. The summed E-state index contributed by atoms with van der Waals surface area (Å²) in [6, 6.07) is 6.69. The van der Waals surface area contributed by atoms with Gasteiger partial charge in [-0.25, -0.2) is 4.39 Å². The van der Waals surface area contributed by atoms with E-state index in [9.17, 15) is 9.18 Å². The molecule has 0 saturated carbocycles. The number of carbonyl (C=O) groups is 1. The number of H-pyrrole nitrogens is 1. The maximum atomic E-state index is 13.8. The molecule has 3 rings (SSSR count). The van der Waals surface area contributed by atoms with E-state index in [2.05, 4.69) is 10.2 Å². The Balaban J connectivity index is 2.02. The molecule has 0 radical (unpaired) electrons. The lowest BCUT2D eigenvalue weighted by molar-refractivity contribution is -0.132. The van der Waals surface area contributed by atoms with E-state index < -0.39 is 11.8 Å². The number of halogens is 1. The molecule has 6 heteroatoms. The second-order valence-electron chi connectivity index (χ2n) is 4.38. The summed E-state index contributed by atoms with van der Waals surface area (Å²) in [5.41, 5.74) is 1.21. The van der Waals surface area contributed by atoms with E-state index in [4.69, 9.17) is 4.74 Å². The van der Waals surface area contributed by atoms with Crippen molar-refractivity contribution in [3.8, 4) is 5.75 Å². The Morgan fingerprint density at radius 3 is 3.00 bits per heavy atom. The van der Waals surface area contributed by atoms with Crippen molar-refractivity contribution < 1.29 is 13.9 Å². The molecule has 0 bridgehead atoms. The van der Waals surface area contributed by atoms with Crippen LogP contribution in [0.3, 0.4) is 0 Å². The predicted octanol–water partition coefficient (Wildman–Crippen LogP) is 3.86. The quantitative estimate of drug-likeness (QED) is 0.590. The Morgan fingerprint density at radius 1 is 1.43 bits per heavy atom. The fraction of sp³-hybridized carbons (Fsp3) is 0.0667. The topological polar surface area (TPSA) is 55.0 Å². The van der Waals surface area contributed by atoms with Gasteiger partial charge >= 0.3 is 5.97 Å². The van der Waals surface area contributed by atoms with Crippen LogP contribution >= 0.6 is 11.3 Å². The molecule has 4 nitrogen and oxygen atoms in total. The molecule has 3 aromatic rings. The molecule has 2 heterocycles. The van der Waals surface area contributed by atoms with Crippen molar-refractivity contribution in [3.63, 3.8) is 0 Å². The summed E-state index contributed by atoms with van der Waals surface area (Å²) in [6.07, 6.45) is 3.76. The van der Waals surface area contributed by atoms with Crippen molar-refractivity contribution in [1.82, 2.24) is 10.2 Å². The van der Waals surface area contributed by atoms with Gasteiger partial charge in [0.15, 0.2) is 11.6 Å². The highest BCUT2D eigenvalue weighted by Crippen LogP contribution is 2.27. The molecule has 0 aliphatic rings. The van der Waals surface area contributed by atoms with Gasteiger partial charge in [-0.15, -0.1) is 11.3 Å². The number of thiophene rings is 1. The fourth-order valence-electron chi connectivity index (χ4n) is 1.95. The van der Waals surface area contributed by atoms with Crippen LogP contribution in [0, 0.1) is 5.82 Å². The number of nitrogens with one attached hydrogen (secondary N) is 1. The second kappa shape index (κ2) is 5.49. The molecular weight excluding hydrogens is 291 g/mol. The normalized spacial score (nSPS) is 11.3. The van der Waals surface area contributed by atoms with Crippen LogP contribution in [0.5, 0.6) is 5.75 Å². The van der Waals surface area contributed by atoms with Crippen LogP contribution in [-0.2, 0) is 4.79 Å². The van der Waals surface area contributed by atoms with Gasteiger partial charge in [-0.2, -0.15) is 5.10 Å². The molecular formula is C15H11FN2O2S. The van der Waals surface area contributed by atoms with Gasteiger partial charge in [0.05, 0.1) is 11.2 Å². The molecule has 0 unspecified atom stereocenters. The first kappa shape index (κ1) is 13.5. The Labute approximate surface area is 123 Å². The van der Waals surface area contributed by atoms with E-state index in [-0.39, 0.29) is 5.75 Å². The van der Waals surface area contributed by atoms with Crippen molar-refractivity contribution in [2.24, 2.45) is 0 Å². The fourth-order valence-corrected chi connectivity index (χ4v) is 2.56. The number of ether oxygens (including phenoxy) is 1. The predicted molar refractivity (Wildman–Crippen MR) is 80.6 cm³/mol. The SMILES string of the molecule is CC(=O)Oc1cc2c(/C=C/c3cccs3)n[nH]c2cc1F. The molecule has 0 amide bonds. The number of esters is 1. The molecule has 0 fully saturated rings. The van der Waals surface area contributed by atoms with E-state index in [1.165, 1.54) is 19.1 Å². The van der Waals surface area contributed by atoms with Gasteiger partial charge in [0.25, 0.3) is 0 Å². The Morgan fingerprint density at radius 2 is 2.29 bits per heavy atom. The average molecular weight is 302 g/mol. The van der Waals surface area contributed by atoms with Crippen LogP contribution in [0.2, 0.25) is 0 Å². The lowest BCUT2D eigenvalue weighted by Crippen LogP contribution is -2.03. The van der Waals surface area contributed by atoms with Crippen molar-refractivity contribution in [2.45, 2.75) is 6.92 Å². The zero-order chi connectivity index (χ0) is 14.8. The Hall–Kier alpha value is -2.47. The molecule has 0 saturated heterocycles. The van der Waals surface area contributed by atoms with Crippen LogP contribution in [0.1, 0.15) is 17.5 Å². The highest BCUT2D eigenvalue weighted by atomic mass is 32.1. The summed E-state index contributed by atoms with van der Waals surface area (Å²) in [5, 5.41) is 9.58. The number of rotatable bonds is 3. The van der Waals surface area contributed by atoms with Gasteiger partial charge in [-0.3, -0.25) is 9.89 Å². The first-order valence-corrected chi connectivity index (χ1v) is 7.09. The summed E-state index contributed by atoms with van der Waals surface area (Å²) in [6.45, 7) is 1.23. The van der Waals surface area contributed by atoms with Crippen LogP contribution in [-0.4, -0.2) is 16.2 Å². The molecule has 106 valence electrons. The zero-order valence-corrected chi connectivity index (χ0v) is 11.9. The van der Waals surface area contributed by atoms with E-state index in [0.29, 0.717) is 16.6 Å². The highest BCUT2D eigenvalue weighted by Gasteiger charge is 2.12. The smallest absolute Gasteiger partial charge is 0.308 e. The molecule has 1 N–H and O–H groups in total. The van der Waals surface area contributed by atoms with Gasteiger partial charge in [-0.1, -0.05) is 6.07 Å². The number of carbonyl (C=O) groups excluding carboxylic acids is 1. The van der Waals surface area contributed by atoms with Crippen molar-refractivity contribution in [1.29, 1.82) is 0 Å². The maximum Gasteiger partial charge on any atom is 0.308 e. The summed E-state index contributed by atoms with van der Waals surface area (Å²) >= 11 is 1.61. The molecule has 0 atom stereocenters. The van der Waals surface area contributed by atoms with Gasteiger partial charge in [0.2, 0.25) is 0 Å². The minimum absolute atomic E-state index is 0.0952. The molecule has 0 aliphatic heterocycles. The number of nitrogens with zero attached hydrogens (tertiary/aromatic N) is 1. The van der Waals surface area contributed by atoms with Crippen LogP contribution in [0.4, 0.5) is 4.39 Å². The van der Waals surface area contributed by atoms with E-state index >= 15 is 0 Å². The van der Waals surface area contributed by atoms with Crippen LogP contribution in [0.25, 0.3) is 23.1 Å². The third kappa shape index (κ3) is 2.85. The lowest BCUT2D eigenvalue weighted by Gasteiger charge is -2.02. The highest BCUT2D eigenvalue weighted by molar-refractivity contribution is 7.10. The van der Waals surface area contributed by atoms with Gasteiger partial charge in [0.1, 0.15) is 0 Å². The van der Waals surface area contributed by atoms with Crippen molar-refractivity contribution >= 4 is 40.4 Å². The standard InChI is InChI=1S/C15H11FN2O2S/c1-9(19)20-15-7-11-13(5-4-10-3-2-6-21-10)17-18-14(11)8-12(15)16/h2-8H,1H3,(H,17,18)/b5-4+. The summed E-state index contributed by atoms with van der Waals surface area (Å²) in [4.78, 5) is 12.1. The first-order chi connectivity index (χ1) is 10.1. The lowest BCUT2D eigenvalue weighted by atomic mass is 10.2. The Bertz CT molecular complexity index is 822. The summed E-state index contributed by atoms with van der Waals surface area (Å²) in [5.74, 6) is -1.26. The number of hydrogen-bond acceptors (Lipinski definition) is 4. The third-order valence-electron chi connectivity index (χ3n) is 2.85. The zero-order valence-electron chi connectivity index (χ0n) is 11.1. The monoisotopic (exact) mass is 302 g/mol. The van der Waals surface area contributed by atoms with E-state index in [1.54, 1.807) is 11.3 Å². The van der Waals surface area contributed by atoms with Crippen molar-refractivity contribution in [3.05, 3.63) is 46.0 Å². The number of benzene rings is 1. The third-order valence-corrected chi connectivity index (χ3v) is 3.68. The van der Waals surface area contributed by atoms with Crippen LogP contribution in [0.15, 0.2) is 29.6 Å². The van der Waals surface area contributed by atoms with Crippen LogP contribution < -0.4 is 4.74 Å². The first-order valence-electron chi connectivity index (χ1n) is 6.21.